The molecule has 102 valence electrons. The lowest BCUT2D eigenvalue weighted by Crippen LogP contribution is -2.41. The number of hydrogen-bond donors (Lipinski definition) is 0. The molecule has 1 aliphatic heterocycles. The highest BCUT2D eigenvalue weighted by atomic mass is 28.3. The van der Waals surface area contributed by atoms with Crippen LogP contribution in [0.4, 0.5) is 0 Å². The van der Waals surface area contributed by atoms with Gasteiger partial charge in [-0.2, -0.15) is 0 Å². The third-order valence-electron chi connectivity index (χ3n) is 2.77. The average molecular weight is 262 g/mol. The molecule has 0 aliphatic carbocycles. The molecule has 4 nitrogen and oxygen atoms in total. The van der Waals surface area contributed by atoms with Crippen molar-refractivity contribution in [1.82, 2.24) is 0 Å². The third kappa shape index (κ3) is 5.97. The summed E-state index contributed by atoms with van der Waals surface area (Å²) in [5.41, 5.74) is 0.142. The van der Waals surface area contributed by atoms with Gasteiger partial charge in [-0.25, -0.2) is 0 Å². The Hall–Kier alpha value is 0.0569. The molecule has 0 bridgehead atoms. The van der Waals surface area contributed by atoms with Gasteiger partial charge in [0.15, 0.2) is 0 Å². The zero-order chi connectivity index (χ0) is 12.7. The molecule has 17 heavy (non-hydrogen) atoms. The second-order valence-electron chi connectivity index (χ2n) is 4.36. The highest BCUT2D eigenvalue weighted by molar-refractivity contribution is 6.46. The molecule has 0 aromatic heterocycles. The highest BCUT2D eigenvalue weighted by Gasteiger charge is 2.30. The summed E-state index contributed by atoms with van der Waals surface area (Å²) in [4.78, 5) is 0. The highest BCUT2D eigenvalue weighted by Crippen LogP contribution is 2.19. The maximum Gasteiger partial charge on any atom is 0.351 e. The minimum Gasteiger partial charge on any atom is -0.395 e. The minimum atomic E-state index is -1.69. The van der Waals surface area contributed by atoms with Crippen molar-refractivity contribution >= 4 is 9.28 Å². The summed E-state index contributed by atoms with van der Waals surface area (Å²) in [5.74, 6) is 0. The van der Waals surface area contributed by atoms with Gasteiger partial charge in [0.25, 0.3) is 0 Å². The lowest BCUT2D eigenvalue weighted by molar-refractivity contribution is 0.00354. The van der Waals surface area contributed by atoms with E-state index in [0.29, 0.717) is 19.3 Å². The van der Waals surface area contributed by atoms with E-state index in [0.717, 1.165) is 19.4 Å². The van der Waals surface area contributed by atoms with Gasteiger partial charge in [0.2, 0.25) is 0 Å². The predicted octanol–water partition coefficient (Wildman–Crippen LogP) is 1.79. The van der Waals surface area contributed by atoms with Crippen LogP contribution in [0.5, 0.6) is 0 Å². The molecule has 1 rings (SSSR count). The molecule has 0 aromatic rings. The molecule has 1 aliphatic rings. The summed E-state index contributed by atoms with van der Waals surface area (Å²) in [6.45, 7) is 10.5. The van der Waals surface area contributed by atoms with Crippen LogP contribution in [0, 0.1) is 0 Å². The van der Waals surface area contributed by atoms with Crippen LogP contribution in [0.2, 0.25) is 0 Å². The van der Waals surface area contributed by atoms with Crippen molar-refractivity contribution in [2.75, 3.05) is 19.8 Å². The first kappa shape index (κ1) is 15.1. The predicted molar refractivity (Wildman–Crippen MR) is 69.4 cm³/mol. The molecule has 3 atom stereocenters. The SMILES string of the molecule is CCO[SiH](OCC)C(CC)OC(C)CC1CO1. The number of hydrogen-bond acceptors (Lipinski definition) is 4. The monoisotopic (exact) mass is 262 g/mol. The van der Waals surface area contributed by atoms with Crippen molar-refractivity contribution in [3.63, 3.8) is 0 Å². The lowest BCUT2D eigenvalue weighted by Gasteiger charge is -2.26. The summed E-state index contributed by atoms with van der Waals surface area (Å²) in [6, 6.07) is 0. The molecule has 0 saturated carbocycles. The van der Waals surface area contributed by atoms with Crippen molar-refractivity contribution in [1.29, 1.82) is 0 Å². The molecular weight excluding hydrogens is 236 g/mol. The first-order valence-corrected chi connectivity index (χ1v) is 8.32. The standard InChI is InChI=1S/C12H26O4Si/c1-5-12(17(14-6-2)15-7-3)16-10(4)8-11-9-13-11/h10-12,17H,5-9H2,1-4H3. The smallest absolute Gasteiger partial charge is 0.351 e. The maximum atomic E-state index is 6.05. The Balaban J connectivity index is 2.35. The van der Waals surface area contributed by atoms with E-state index in [4.69, 9.17) is 18.3 Å². The lowest BCUT2D eigenvalue weighted by atomic mass is 10.2. The van der Waals surface area contributed by atoms with Crippen LogP contribution in [0.3, 0.4) is 0 Å². The number of epoxide rings is 1. The van der Waals surface area contributed by atoms with Crippen LogP contribution in [0.1, 0.15) is 40.5 Å². The van der Waals surface area contributed by atoms with Gasteiger partial charge in [-0.05, 0) is 27.2 Å². The van der Waals surface area contributed by atoms with Crippen molar-refractivity contribution < 1.29 is 18.3 Å². The van der Waals surface area contributed by atoms with Crippen molar-refractivity contribution in [2.45, 2.75) is 58.5 Å². The van der Waals surface area contributed by atoms with E-state index in [1.807, 2.05) is 13.8 Å². The van der Waals surface area contributed by atoms with Crippen LogP contribution in [0.15, 0.2) is 0 Å². The third-order valence-corrected chi connectivity index (χ3v) is 5.33. The number of rotatable bonds is 10. The topological polar surface area (TPSA) is 40.2 Å². The van der Waals surface area contributed by atoms with Gasteiger partial charge in [-0.1, -0.05) is 6.92 Å². The van der Waals surface area contributed by atoms with E-state index < -0.39 is 9.28 Å². The van der Waals surface area contributed by atoms with Gasteiger partial charge in [0.1, 0.15) is 0 Å². The Labute approximate surface area is 106 Å². The van der Waals surface area contributed by atoms with Crippen LogP contribution in [-0.4, -0.2) is 47.0 Å². The van der Waals surface area contributed by atoms with Gasteiger partial charge in [0, 0.05) is 19.6 Å². The Bertz CT molecular complexity index is 193. The fraction of sp³-hybridized carbons (Fsp3) is 1.00. The minimum absolute atomic E-state index is 0.142. The molecule has 5 heteroatoms. The summed E-state index contributed by atoms with van der Waals surface area (Å²) in [6.07, 6.45) is 2.58. The Kier molecular flexibility index (Phi) is 7.30. The Morgan fingerprint density at radius 2 is 1.82 bits per heavy atom. The molecule has 1 fully saturated rings. The van der Waals surface area contributed by atoms with Crippen LogP contribution < -0.4 is 0 Å². The quantitative estimate of drug-likeness (QED) is 0.444. The molecule has 1 saturated heterocycles. The van der Waals surface area contributed by atoms with Gasteiger partial charge < -0.3 is 18.3 Å². The maximum absolute atomic E-state index is 6.05. The molecule has 0 aromatic carbocycles. The molecule has 0 radical (unpaired) electrons. The van der Waals surface area contributed by atoms with Crippen molar-refractivity contribution in [3.05, 3.63) is 0 Å². The first-order valence-electron chi connectivity index (χ1n) is 6.71. The van der Waals surface area contributed by atoms with E-state index in [2.05, 4.69) is 13.8 Å². The molecule has 0 spiro atoms. The summed E-state index contributed by atoms with van der Waals surface area (Å²) >= 11 is 0. The summed E-state index contributed by atoms with van der Waals surface area (Å²) in [5, 5.41) is 0. The van der Waals surface area contributed by atoms with Gasteiger partial charge in [-0.15, -0.1) is 0 Å². The summed E-state index contributed by atoms with van der Waals surface area (Å²) < 4.78 is 22.7. The van der Waals surface area contributed by atoms with Gasteiger partial charge in [-0.3, -0.25) is 0 Å². The Morgan fingerprint density at radius 1 is 1.24 bits per heavy atom. The van der Waals surface area contributed by atoms with E-state index in [9.17, 15) is 0 Å². The van der Waals surface area contributed by atoms with Crippen molar-refractivity contribution in [2.24, 2.45) is 0 Å². The zero-order valence-corrected chi connectivity index (χ0v) is 12.6. The molecule has 0 N–H and O–H groups in total. The van der Waals surface area contributed by atoms with Crippen molar-refractivity contribution in [3.8, 4) is 0 Å². The van der Waals surface area contributed by atoms with Crippen LogP contribution >= 0.6 is 0 Å². The zero-order valence-electron chi connectivity index (χ0n) is 11.5. The second kappa shape index (κ2) is 8.21. The average Bonchev–Trinajstić information content (AvgIpc) is 3.09. The normalized spacial score (nSPS) is 22.8. The van der Waals surface area contributed by atoms with E-state index >= 15 is 0 Å². The fourth-order valence-electron chi connectivity index (χ4n) is 1.87. The van der Waals surface area contributed by atoms with Crippen LogP contribution in [-0.2, 0) is 18.3 Å². The molecular formula is C12H26O4Si. The van der Waals surface area contributed by atoms with E-state index in [-0.39, 0.29) is 11.8 Å². The van der Waals surface area contributed by atoms with E-state index in [1.54, 1.807) is 0 Å². The molecule has 1 heterocycles. The summed E-state index contributed by atoms with van der Waals surface area (Å²) in [7, 11) is -1.69. The first-order chi connectivity index (χ1) is 8.21. The van der Waals surface area contributed by atoms with E-state index in [1.165, 1.54) is 0 Å². The van der Waals surface area contributed by atoms with Gasteiger partial charge >= 0.3 is 9.28 Å². The largest absolute Gasteiger partial charge is 0.395 e. The Morgan fingerprint density at radius 3 is 2.24 bits per heavy atom. The fourth-order valence-corrected chi connectivity index (χ4v) is 3.84. The second-order valence-corrected chi connectivity index (χ2v) is 6.51. The molecule has 3 unspecified atom stereocenters. The molecule has 0 amide bonds. The van der Waals surface area contributed by atoms with Crippen LogP contribution in [0.25, 0.3) is 0 Å². The number of ether oxygens (including phenoxy) is 2. The van der Waals surface area contributed by atoms with Gasteiger partial charge in [0.05, 0.1) is 24.5 Å².